The van der Waals surface area contributed by atoms with Gasteiger partial charge in [-0.2, -0.15) is 9.78 Å². The lowest BCUT2D eigenvalue weighted by atomic mass is 10.0. The van der Waals surface area contributed by atoms with E-state index in [1.54, 1.807) is 30.3 Å². The Hall–Kier alpha value is -3.44. The number of carbonyl (C=O) groups is 1. The maximum Gasteiger partial charge on any atom is 0.279 e. The normalized spacial score (nSPS) is 10.8. The van der Waals surface area contributed by atoms with Crippen LogP contribution in [0.1, 0.15) is 17.3 Å². The quantitative estimate of drug-likeness (QED) is 0.547. The Balaban J connectivity index is 2.08. The standard InChI is InChI=1S/C23H18ClN3O2/c1-2-25-22(28)18-13-8-14-19(24)21(18)27-23(29)17-12-7-6-11-16(17)20(26-27)15-9-4-3-5-10-15/h3-14H,2H2,1H3,(H,25,28). The first-order valence-electron chi connectivity index (χ1n) is 9.26. The highest BCUT2D eigenvalue weighted by atomic mass is 35.5. The minimum atomic E-state index is -0.334. The van der Waals surface area contributed by atoms with Crippen molar-refractivity contribution in [1.82, 2.24) is 15.1 Å². The predicted octanol–water partition coefficient (Wildman–Crippen LogP) is 4.46. The summed E-state index contributed by atoms with van der Waals surface area (Å²) in [6.45, 7) is 2.29. The average Bonchev–Trinajstić information content (AvgIpc) is 2.75. The van der Waals surface area contributed by atoms with Crippen LogP contribution in [0.15, 0.2) is 77.6 Å². The fourth-order valence-electron chi connectivity index (χ4n) is 3.32. The lowest BCUT2D eigenvalue weighted by Crippen LogP contribution is -2.28. The molecule has 0 aliphatic carbocycles. The Morgan fingerprint density at radius 1 is 0.966 bits per heavy atom. The molecule has 4 rings (SSSR count). The van der Waals surface area contributed by atoms with Crippen LogP contribution in [0.3, 0.4) is 0 Å². The van der Waals surface area contributed by atoms with E-state index in [-0.39, 0.29) is 22.2 Å². The second kappa shape index (κ2) is 7.89. The van der Waals surface area contributed by atoms with E-state index in [9.17, 15) is 9.59 Å². The number of halogens is 1. The molecule has 0 radical (unpaired) electrons. The molecule has 5 nitrogen and oxygen atoms in total. The first kappa shape index (κ1) is 18.9. The van der Waals surface area contributed by atoms with Crippen molar-refractivity contribution in [3.05, 3.63) is 93.7 Å². The first-order chi connectivity index (χ1) is 14.1. The topological polar surface area (TPSA) is 64.0 Å². The van der Waals surface area contributed by atoms with Gasteiger partial charge in [-0.25, -0.2) is 0 Å². The number of carbonyl (C=O) groups excluding carboxylic acids is 1. The molecule has 4 aromatic rings. The summed E-state index contributed by atoms with van der Waals surface area (Å²) in [5.74, 6) is -0.312. The molecule has 1 aromatic heterocycles. The van der Waals surface area contributed by atoms with Crippen molar-refractivity contribution in [2.75, 3.05) is 6.54 Å². The molecule has 29 heavy (non-hydrogen) atoms. The van der Waals surface area contributed by atoms with Crippen molar-refractivity contribution in [2.24, 2.45) is 0 Å². The molecule has 0 atom stereocenters. The monoisotopic (exact) mass is 403 g/mol. The average molecular weight is 404 g/mol. The Labute approximate surface area is 172 Å². The van der Waals surface area contributed by atoms with Crippen LogP contribution < -0.4 is 10.9 Å². The van der Waals surface area contributed by atoms with Crippen molar-refractivity contribution < 1.29 is 4.79 Å². The van der Waals surface area contributed by atoms with Gasteiger partial charge < -0.3 is 5.32 Å². The SMILES string of the molecule is CCNC(=O)c1cccc(Cl)c1-n1nc(-c2ccccc2)c2ccccc2c1=O. The Morgan fingerprint density at radius 2 is 1.66 bits per heavy atom. The summed E-state index contributed by atoms with van der Waals surface area (Å²) in [5.41, 5.74) is 1.74. The summed E-state index contributed by atoms with van der Waals surface area (Å²) in [4.78, 5) is 25.9. The van der Waals surface area contributed by atoms with Gasteiger partial charge in [0, 0.05) is 17.5 Å². The number of fused-ring (bicyclic) bond motifs is 1. The van der Waals surface area contributed by atoms with Crippen LogP contribution in [0.4, 0.5) is 0 Å². The number of hydrogen-bond donors (Lipinski definition) is 1. The van der Waals surface area contributed by atoms with Crippen LogP contribution >= 0.6 is 11.6 Å². The second-order valence-electron chi connectivity index (χ2n) is 6.47. The van der Waals surface area contributed by atoms with Gasteiger partial charge in [-0.15, -0.1) is 0 Å². The van der Waals surface area contributed by atoms with Gasteiger partial charge in [-0.1, -0.05) is 66.2 Å². The third-order valence-electron chi connectivity index (χ3n) is 4.63. The van der Waals surface area contributed by atoms with Crippen molar-refractivity contribution in [3.63, 3.8) is 0 Å². The van der Waals surface area contributed by atoms with E-state index < -0.39 is 0 Å². The van der Waals surface area contributed by atoms with E-state index in [1.165, 1.54) is 4.68 Å². The highest BCUT2D eigenvalue weighted by molar-refractivity contribution is 6.33. The summed E-state index contributed by atoms with van der Waals surface area (Å²) >= 11 is 6.45. The number of amides is 1. The van der Waals surface area contributed by atoms with Gasteiger partial charge in [0.25, 0.3) is 11.5 Å². The molecule has 1 amide bonds. The molecule has 1 heterocycles. The first-order valence-corrected chi connectivity index (χ1v) is 9.64. The van der Waals surface area contributed by atoms with Gasteiger partial charge in [0.05, 0.1) is 21.7 Å². The number of para-hydroxylation sites is 1. The molecule has 1 N–H and O–H groups in total. The zero-order chi connectivity index (χ0) is 20.4. The minimum Gasteiger partial charge on any atom is -0.352 e. The van der Waals surface area contributed by atoms with Crippen LogP contribution in [-0.4, -0.2) is 22.2 Å². The molecule has 0 aliphatic heterocycles. The van der Waals surface area contributed by atoms with Crippen molar-refractivity contribution >= 4 is 28.3 Å². The van der Waals surface area contributed by atoms with E-state index in [2.05, 4.69) is 10.4 Å². The summed E-state index contributed by atoms with van der Waals surface area (Å²) < 4.78 is 1.23. The number of nitrogens with zero attached hydrogens (tertiary/aromatic N) is 2. The van der Waals surface area contributed by atoms with Crippen LogP contribution in [0.2, 0.25) is 5.02 Å². The molecule has 0 unspecified atom stereocenters. The van der Waals surface area contributed by atoms with Gasteiger partial charge in [0.15, 0.2) is 0 Å². The molecule has 0 saturated carbocycles. The summed E-state index contributed by atoms with van der Waals surface area (Å²) in [6, 6.07) is 21.9. The lowest BCUT2D eigenvalue weighted by Gasteiger charge is -2.15. The molecule has 0 bridgehead atoms. The molecular formula is C23H18ClN3O2. The van der Waals surface area contributed by atoms with Crippen LogP contribution in [-0.2, 0) is 0 Å². The number of benzene rings is 3. The van der Waals surface area contributed by atoms with E-state index >= 15 is 0 Å². The molecule has 3 aromatic carbocycles. The minimum absolute atomic E-state index is 0.271. The summed E-state index contributed by atoms with van der Waals surface area (Å²) in [5, 5.41) is 8.93. The maximum atomic E-state index is 13.3. The highest BCUT2D eigenvalue weighted by Gasteiger charge is 2.20. The smallest absolute Gasteiger partial charge is 0.279 e. The van der Waals surface area contributed by atoms with Crippen LogP contribution in [0, 0.1) is 0 Å². The van der Waals surface area contributed by atoms with Crippen molar-refractivity contribution in [1.29, 1.82) is 0 Å². The van der Waals surface area contributed by atoms with Crippen molar-refractivity contribution in [2.45, 2.75) is 6.92 Å². The van der Waals surface area contributed by atoms with E-state index in [1.807, 2.05) is 49.4 Å². The maximum absolute atomic E-state index is 13.3. The zero-order valence-corrected chi connectivity index (χ0v) is 16.5. The molecule has 0 fully saturated rings. The van der Waals surface area contributed by atoms with E-state index in [0.29, 0.717) is 23.2 Å². The lowest BCUT2D eigenvalue weighted by molar-refractivity contribution is 0.0955. The molecule has 144 valence electrons. The Kier molecular flexibility index (Phi) is 5.14. The molecule has 0 saturated heterocycles. The second-order valence-corrected chi connectivity index (χ2v) is 6.88. The molecule has 6 heteroatoms. The third-order valence-corrected chi connectivity index (χ3v) is 4.94. The molecule has 0 aliphatic rings. The van der Waals surface area contributed by atoms with Gasteiger partial charge >= 0.3 is 0 Å². The van der Waals surface area contributed by atoms with Gasteiger partial charge in [-0.05, 0) is 25.1 Å². The number of rotatable bonds is 4. The van der Waals surface area contributed by atoms with E-state index in [0.717, 1.165) is 10.9 Å². The molecular weight excluding hydrogens is 386 g/mol. The Bertz CT molecular complexity index is 1270. The molecule has 0 spiro atoms. The van der Waals surface area contributed by atoms with Gasteiger partial charge in [-0.3, -0.25) is 9.59 Å². The van der Waals surface area contributed by atoms with Gasteiger partial charge in [0.2, 0.25) is 0 Å². The fourth-order valence-corrected chi connectivity index (χ4v) is 3.57. The fraction of sp³-hybridized carbons (Fsp3) is 0.0870. The largest absolute Gasteiger partial charge is 0.352 e. The third kappa shape index (κ3) is 3.41. The Morgan fingerprint density at radius 3 is 2.38 bits per heavy atom. The van der Waals surface area contributed by atoms with E-state index in [4.69, 9.17) is 11.6 Å². The van der Waals surface area contributed by atoms with Crippen LogP contribution in [0.25, 0.3) is 27.7 Å². The number of hydrogen-bond acceptors (Lipinski definition) is 3. The predicted molar refractivity (Wildman–Crippen MR) is 116 cm³/mol. The van der Waals surface area contributed by atoms with Gasteiger partial charge in [0.1, 0.15) is 5.69 Å². The van der Waals surface area contributed by atoms with Crippen LogP contribution in [0.5, 0.6) is 0 Å². The number of nitrogens with one attached hydrogen (secondary N) is 1. The highest BCUT2D eigenvalue weighted by Crippen LogP contribution is 2.28. The zero-order valence-electron chi connectivity index (χ0n) is 15.7. The summed E-state index contributed by atoms with van der Waals surface area (Å²) in [6.07, 6.45) is 0. The van der Waals surface area contributed by atoms with Crippen molar-refractivity contribution in [3.8, 4) is 16.9 Å². The summed E-state index contributed by atoms with van der Waals surface area (Å²) in [7, 11) is 0. The number of aromatic nitrogens is 2.